The van der Waals surface area contributed by atoms with E-state index in [0.29, 0.717) is 28.1 Å². The number of benzene rings is 2. The van der Waals surface area contributed by atoms with Crippen molar-refractivity contribution in [3.63, 3.8) is 0 Å². The molecule has 0 aliphatic rings. The summed E-state index contributed by atoms with van der Waals surface area (Å²) in [5, 5.41) is 12.6. The van der Waals surface area contributed by atoms with Gasteiger partial charge in [-0.2, -0.15) is 13.2 Å². The van der Waals surface area contributed by atoms with Gasteiger partial charge < -0.3 is 10.4 Å². The first kappa shape index (κ1) is 21.0. The predicted molar refractivity (Wildman–Crippen MR) is 108 cm³/mol. The summed E-state index contributed by atoms with van der Waals surface area (Å²) in [5.74, 6) is -0.745. The van der Waals surface area contributed by atoms with Crippen molar-refractivity contribution < 1.29 is 23.1 Å². The lowest BCUT2D eigenvalue weighted by molar-refractivity contribution is -0.137. The van der Waals surface area contributed by atoms with Crippen LogP contribution in [0, 0.1) is 6.92 Å². The Morgan fingerprint density at radius 3 is 2.10 bits per heavy atom. The van der Waals surface area contributed by atoms with E-state index in [4.69, 9.17) is 0 Å². The van der Waals surface area contributed by atoms with Crippen LogP contribution < -0.4 is 5.32 Å². The Balaban J connectivity index is 1.79. The van der Waals surface area contributed by atoms with Gasteiger partial charge in [-0.3, -0.25) is 9.79 Å². The van der Waals surface area contributed by atoms with Crippen LogP contribution in [0.25, 0.3) is 0 Å². The molecule has 0 saturated heterocycles. The quantitative estimate of drug-likeness (QED) is 0.602. The first-order valence-electron chi connectivity index (χ1n) is 8.91. The number of aromatic hydroxyl groups is 1. The standard InChI is InChI=1S/C22H18F3N3O2/c1-13-11-12-27-19(20(13)29)21(30)28-17-9-5-15(6-10-17)18(26-2)14-3-7-16(8-4-14)22(23,24)25/h3-12,29H,1-2H3,(H,28,30). The van der Waals surface area contributed by atoms with Gasteiger partial charge in [0.1, 0.15) is 5.75 Å². The van der Waals surface area contributed by atoms with Crippen LogP contribution in [0.2, 0.25) is 0 Å². The van der Waals surface area contributed by atoms with Crippen LogP contribution in [0.3, 0.4) is 0 Å². The molecule has 0 atom stereocenters. The number of carbonyl (C=O) groups excluding carboxylic acids is 1. The molecular weight excluding hydrogens is 395 g/mol. The third kappa shape index (κ3) is 4.48. The maximum atomic E-state index is 12.8. The number of halogens is 3. The molecule has 8 heteroatoms. The molecule has 30 heavy (non-hydrogen) atoms. The van der Waals surface area contributed by atoms with Crippen LogP contribution in [0.5, 0.6) is 5.75 Å². The fourth-order valence-corrected chi connectivity index (χ4v) is 2.86. The van der Waals surface area contributed by atoms with E-state index >= 15 is 0 Å². The van der Waals surface area contributed by atoms with E-state index in [1.807, 2.05) is 0 Å². The number of nitrogens with zero attached hydrogens (tertiary/aromatic N) is 2. The Bertz CT molecular complexity index is 1090. The zero-order valence-corrected chi connectivity index (χ0v) is 16.2. The first-order valence-corrected chi connectivity index (χ1v) is 8.91. The lowest BCUT2D eigenvalue weighted by Gasteiger charge is -2.11. The third-order valence-corrected chi connectivity index (χ3v) is 4.47. The summed E-state index contributed by atoms with van der Waals surface area (Å²) in [7, 11) is 1.55. The molecule has 1 heterocycles. The molecule has 0 spiro atoms. The summed E-state index contributed by atoms with van der Waals surface area (Å²) >= 11 is 0. The maximum Gasteiger partial charge on any atom is 0.416 e. The first-order chi connectivity index (χ1) is 14.2. The monoisotopic (exact) mass is 413 g/mol. The summed E-state index contributed by atoms with van der Waals surface area (Å²) in [5.41, 5.74) is 1.91. The van der Waals surface area contributed by atoms with Gasteiger partial charge in [0.05, 0.1) is 11.3 Å². The van der Waals surface area contributed by atoms with E-state index in [1.54, 1.807) is 44.3 Å². The molecule has 3 aromatic rings. The fraction of sp³-hybridized carbons (Fsp3) is 0.136. The van der Waals surface area contributed by atoms with Gasteiger partial charge in [-0.15, -0.1) is 0 Å². The number of aromatic nitrogens is 1. The van der Waals surface area contributed by atoms with Crippen LogP contribution in [0.1, 0.15) is 32.7 Å². The zero-order chi connectivity index (χ0) is 21.9. The zero-order valence-electron chi connectivity index (χ0n) is 16.2. The van der Waals surface area contributed by atoms with E-state index in [-0.39, 0.29) is 11.4 Å². The SMILES string of the molecule is CN=C(c1ccc(NC(=O)c2nccc(C)c2O)cc1)c1ccc(C(F)(F)F)cc1. The minimum Gasteiger partial charge on any atom is -0.505 e. The van der Waals surface area contributed by atoms with Gasteiger partial charge in [0.2, 0.25) is 0 Å². The summed E-state index contributed by atoms with van der Waals surface area (Å²) in [6.45, 7) is 1.66. The van der Waals surface area contributed by atoms with E-state index in [0.717, 1.165) is 12.1 Å². The highest BCUT2D eigenvalue weighted by Crippen LogP contribution is 2.29. The highest BCUT2D eigenvalue weighted by atomic mass is 19.4. The van der Waals surface area contributed by atoms with Gasteiger partial charge in [0, 0.05) is 30.1 Å². The topological polar surface area (TPSA) is 74.6 Å². The number of aliphatic imine (C=N–C) groups is 1. The second-order valence-corrected chi connectivity index (χ2v) is 6.50. The summed E-state index contributed by atoms with van der Waals surface area (Å²) in [6.07, 6.45) is -2.97. The largest absolute Gasteiger partial charge is 0.505 e. The molecule has 0 aliphatic carbocycles. The Morgan fingerprint density at radius 2 is 1.57 bits per heavy atom. The van der Waals surface area contributed by atoms with Gasteiger partial charge in [-0.1, -0.05) is 24.3 Å². The number of alkyl halides is 3. The van der Waals surface area contributed by atoms with Crippen LogP contribution in [0.15, 0.2) is 65.8 Å². The smallest absolute Gasteiger partial charge is 0.416 e. The molecule has 0 aliphatic heterocycles. The van der Waals surface area contributed by atoms with Gasteiger partial charge >= 0.3 is 6.18 Å². The van der Waals surface area contributed by atoms with E-state index in [2.05, 4.69) is 15.3 Å². The maximum absolute atomic E-state index is 12.8. The highest BCUT2D eigenvalue weighted by Gasteiger charge is 2.30. The van der Waals surface area contributed by atoms with Gasteiger partial charge in [-0.25, -0.2) is 4.98 Å². The van der Waals surface area contributed by atoms with Crippen molar-refractivity contribution >= 4 is 17.3 Å². The molecule has 0 saturated carbocycles. The summed E-state index contributed by atoms with van der Waals surface area (Å²) < 4.78 is 38.3. The second-order valence-electron chi connectivity index (χ2n) is 6.50. The summed E-state index contributed by atoms with van der Waals surface area (Å²) in [4.78, 5) is 20.4. The number of nitrogens with one attached hydrogen (secondary N) is 1. The number of pyridine rings is 1. The average Bonchev–Trinajstić information content (AvgIpc) is 2.71. The summed E-state index contributed by atoms with van der Waals surface area (Å²) in [6, 6.07) is 13.0. The van der Waals surface area contributed by atoms with Gasteiger partial charge in [0.25, 0.3) is 5.91 Å². The molecule has 5 nitrogen and oxygen atoms in total. The Labute approximate surface area is 170 Å². The number of aryl methyl sites for hydroxylation is 1. The molecule has 2 aromatic carbocycles. The Hall–Kier alpha value is -3.68. The number of anilines is 1. The van der Waals surface area contributed by atoms with E-state index in [1.165, 1.54) is 18.3 Å². The minimum atomic E-state index is -4.40. The van der Waals surface area contributed by atoms with Crippen LogP contribution in [0.4, 0.5) is 18.9 Å². The molecule has 3 rings (SSSR count). The average molecular weight is 413 g/mol. The molecule has 0 fully saturated rings. The van der Waals surface area contributed by atoms with Crippen molar-refractivity contribution in [2.75, 3.05) is 12.4 Å². The molecular formula is C22H18F3N3O2. The van der Waals surface area contributed by atoms with Gasteiger partial charge in [0.15, 0.2) is 5.69 Å². The Kier molecular flexibility index (Phi) is 5.86. The van der Waals surface area contributed by atoms with Crippen molar-refractivity contribution in [1.82, 2.24) is 4.98 Å². The van der Waals surface area contributed by atoms with Gasteiger partial charge in [-0.05, 0) is 42.8 Å². The van der Waals surface area contributed by atoms with Crippen molar-refractivity contribution in [2.45, 2.75) is 13.1 Å². The van der Waals surface area contributed by atoms with Crippen molar-refractivity contribution in [1.29, 1.82) is 0 Å². The van der Waals surface area contributed by atoms with E-state index in [9.17, 15) is 23.1 Å². The highest BCUT2D eigenvalue weighted by molar-refractivity contribution is 6.13. The molecule has 2 N–H and O–H groups in total. The molecule has 0 radical (unpaired) electrons. The van der Waals surface area contributed by atoms with Crippen molar-refractivity contribution in [3.05, 3.63) is 88.7 Å². The number of hydrogen-bond donors (Lipinski definition) is 2. The third-order valence-electron chi connectivity index (χ3n) is 4.47. The van der Waals surface area contributed by atoms with Crippen LogP contribution in [-0.2, 0) is 6.18 Å². The fourth-order valence-electron chi connectivity index (χ4n) is 2.86. The number of hydrogen-bond acceptors (Lipinski definition) is 4. The van der Waals surface area contributed by atoms with E-state index < -0.39 is 17.6 Å². The lowest BCUT2D eigenvalue weighted by Crippen LogP contribution is -2.14. The Morgan fingerprint density at radius 1 is 1.00 bits per heavy atom. The molecule has 1 aromatic heterocycles. The lowest BCUT2D eigenvalue weighted by atomic mass is 10.0. The number of rotatable bonds is 4. The minimum absolute atomic E-state index is 0.0837. The molecule has 0 bridgehead atoms. The van der Waals surface area contributed by atoms with Crippen LogP contribution in [-0.4, -0.2) is 28.8 Å². The molecule has 1 amide bonds. The van der Waals surface area contributed by atoms with Crippen molar-refractivity contribution in [3.8, 4) is 5.75 Å². The molecule has 154 valence electrons. The normalized spacial score (nSPS) is 12.0. The number of carbonyl (C=O) groups is 1. The predicted octanol–water partition coefficient (Wildman–Crippen LogP) is 4.83. The second kappa shape index (κ2) is 8.36. The number of amides is 1. The van der Waals surface area contributed by atoms with Crippen molar-refractivity contribution in [2.24, 2.45) is 4.99 Å². The molecule has 0 unspecified atom stereocenters. The van der Waals surface area contributed by atoms with Crippen LogP contribution >= 0.6 is 0 Å².